The number of carbonyl (C=O) groups is 1. The lowest BCUT2D eigenvalue weighted by molar-refractivity contribution is -0.384. The Morgan fingerprint density at radius 1 is 1.31 bits per heavy atom. The van der Waals surface area contributed by atoms with E-state index in [1.165, 1.54) is 19.2 Å². The van der Waals surface area contributed by atoms with Crippen molar-refractivity contribution in [3.05, 3.63) is 63.5 Å². The second-order valence-corrected chi connectivity index (χ2v) is 6.62. The van der Waals surface area contributed by atoms with Crippen molar-refractivity contribution in [2.24, 2.45) is 0 Å². The molecule has 0 unspecified atom stereocenters. The maximum Gasteiger partial charge on any atom is 0.338 e. The summed E-state index contributed by atoms with van der Waals surface area (Å²) in [6.07, 6.45) is 0. The van der Waals surface area contributed by atoms with Gasteiger partial charge in [0.1, 0.15) is 24.2 Å². The van der Waals surface area contributed by atoms with Crippen molar-refractivity contribution in [3.63, 3.8) is 0 Å². The molecule has 29 heavy (non-hydrogen) atoms. The molecule has 0 spiro atoms. The van der Waals surface area contributed by atoms with Gasteiger partial charge >= 0.3 is 5.97 Å². The lowest BCUT2D eigenvalue weighted by atomic mass is 10.0. The normalized spacial score (nSPS) is 16.2. The molecular weight excluding hydrogens is 398 g/mol. The number of thiocarbonyl (C=S) groups is 1. The molecule has 152 valence electrons. The lowest BCUT2D eigenvalue weighted by Gasteiger charge is -2.28. The monoisotopic (exact) mass is 417 g/mol. The quantitative estimate of drug-likeness (QED) is 0.231. The number of rotatable bonds is 7. The van der Waals surface area contributed by atoms with Crippen LogP contribution in [-0.4, -0.2) is 36.3 Å². The minimum atomic E-state index is -0.661. The Balaban J connectivity index is 1.91. The molecule has 2 heterocycles. The van der Waals surface area contributed by atoms with E-state index in [0.717, 1.165) is 0 Å². The zero-order valence-corrected chi connectivity index (χ0v) is 16.6. The van der Waals surface area contributed by atoms with Crippen LogP contribution in [0.2, 0.25) is 0 Å². The van der Waals surface area contributed by atoms with E-state index >= 15 is 0 Å². The first-order valence-electron chi connectivity index (χ1n) is 8.69. The standard InChI is InChI=1S/C19H19N3O6S/c1-11-16(18(23)27-9-8-26-2)17(21-19(29)20-11)15-7-6-14(28-15)12-4-3-5-13(10-12)22(24)25/h3-7,10,17H,8-9H2,1-2H3,(H2,20,21,29)/t17-/m0/s1. The molecule has 9 nitrogen and oxygen atoms in total. The second kappa shape index (κ2) is 8.84. The van der Waals surface area contributed by atoms with E-state index < -0.39 is 16.9 Å². The summed E-state index contributed by atoms with van der Waals surface area (Å²) in [5.74, 6) is 0.327. The molecule has 3 rings (SSSR count). The number of esters is 1. The number of nitrogens with zero attached hydrogens (tertiary/aromatic N) is 1. The first-order valence-corrected chi connectivity index (χ1v) is 9.10. The summed E-state index contributed by atoms with van der Waals surface area (Å²) in [4.78, 5) is 23.1. The number of nitro groups is 1. The van der Waals surface area contributed by atoms with Crippen molar-refractivity contribution < 1.29 is 23.6 Å². The number of non-ortho nitro benzene ring substituents is 1. The predicted molar refractivity (Wildman–Crippen MR) is 108 cm³/mol. The Kier molecular flexibility index (Phi) is 6.25. The van der Waals surface area contributed by atoms with Crippen LogP contribution in [0.15, 0.2) is 52.1 Å². The van der Waals surface area contributed by atoms with Crippen LogP contribution in [0.1, 0.15) is 18.7 Å². The number of hydrogen-bond donors (Lipinski definition) is 2. The minimum Gasteiger partial charge on any atom is -0.460 e. The molecule has 0 fully saturated rings. The minimum absolute atomic E-state index is 0.0419. The van der Waals surface area contributed by atoms with Crippen LogP contribution in [0.3, 0.4) is 0 Å². The molecule has 1 aromatic carbocycles. The SMILES string of the molecule is COCCOC(=O)C1=C(C)NC(=S)N[C@H]1c1ccc(-c2cccc([N+](=O)[O-])c2)o1. The van der Waals surface area contributed by atoms with Crippen molar-refractivity contribution in [1.82, 2.24) is 10.6 Å². The summed E-state index contributed by atoms with van der Waals surface area (Å²) in [7, 11) is 1.52. The van der Waals surface area contributed by atoms with E-state index in [2.05, 4.69) is 10.6 Å². The summed E-state index contributed by atoms with van der Waals surface area (Å²) in [6, 6.07) is 8.82. The van der Waals surface area contributed by atoms with Gasteiger partial charge in [-0.05, 0) is 31.3 Å². The molecule has 0 amide bonds. The van der Waals surface area contributed by atoms with Crippen LogP contribution in [0.4, 0.5) is 5.69 Å². The van der Waals surface area contributed by atoms with Crippen LogP contribution in [0.5, 0.6) is 0 Å². The van der Waals surface area contributed by atoms with E-state index in [0.29, 0.717) is 33.5 Å². The van der Waals surface area contributed by atoms with Crippen LogP contribution in [0.25, 0.3) is 11.3 Å². The van der Waals surface area contributed by atoms with Crippen molar-refractivity contribution >= 4 is 29.0 Å². The number of nitrogens with one attached hydrogen (secondary N) is 2. The van der Waals surface area contributed by atoms with E-state index in [1.54, 1.807) is 31.2 Å². The Bertz CT molecular complexity index is 984. The van der Waals surface area contributed by atoms with Gasteiger partial charge in [-0.2, -0.15) is 0 Å². The molecule has 1 aromatic heterocycles. The Labute approximate surface area is 171 Å². The van der Waals surface area contributed by atoms with Gasteiger partial charge in [0.15, 0.2) is 5.11 Å². The van der Waals surface area contributed by atoms with Gasteiger partial charge in [-0.3, -0.25) is 10.1 Å². The fourth-order valence-electron chi connectivity index (χ4n) is 2.91. The van der Waals surface area contributed by atoms with E-state index in [4.69, 9.17) is 26.1 Å². The topological polar surface area (TPSA) is 116 Å². The van der Waals surface area contributed by atoms with Crippen LogP contribution in [0, 0.1) is 10.1 Å². The number of nitro benzene ring substituents is 1. The number of carbonyl (C=O) groups excluding carboxylic acids is 1. The van der Waals surface area contributed by atoms with Crippen molar-refractivity contribution in [2.45, 2.75) is 13.0 Å². The van der Waals surface area contributed by atoms with Gasteiger partial charge in [0.25, 0.3) is 5.69 Å². The third-order valence-corrected chi connectivity index (χ3v) is 4.48. The molecule has 0 radical (unpaired) electrons. The van der Waals surface area contributed by atoms with E-state index in [1.807, 2.05) is 0 Å². The summed E-state index contributed by atoms with van der Waals surface area (Å²) < 4.78 is 16.1. The van der Waals surface area contributed by atoms with Crippen LogP contribution >= 0.6 is 12.2 Å². The summed E-state index contributed by atoms with van der Waals surface area (Å²) in [6.45, 7) is 2.11. The number of hydrogen-bond acceptors (Lipinski definition) is 7. The summed E-state index contributed by atoms with van der Waals surface area (Å²) in [5, 5.41) is 17.3. The summed E-state index contributed by atoms with van der Waals surface area (Å²) >= 11 is 5.21. The number of methoxy groups -OCH3 is 1. The zero-order chi connectivity index (χ0) is 21.0. The average molecular weight is 417 g/mol. The molecule has 2 aromatic rings. The highest BCUT2D eigenvalue weighted by atomic mass is 32.1. The summed E-state index contributed by atoms with van der Waals surface area (Å²) in [5.41, 5.74) is 1.38. The molecule has 0 aliphatic carbocycles. The number of furan rings is 1. The van der Waals surface area contributed by atoms with Crippen molar-refractivity contribution in [3.8, 4) is 11.3 Å². The van der Waals surface area contributed by atoms with E-state index in [9.17, 15) is 14.9 Å². The fraction of sp³-hybridized carbons (Fsp3) is 0.263. The van der Waals surface area contributed by atoms with Gasteiger partial charge in [0.2, 0.25) is 0 Å². The maximum absolute atomic E-state index is 12.6. The van der Waals surface area contributed by atoms with Gasteiger partial charge in [-0.15, -0.1) is 0 Å². The third-order valence-electron chi connectivity index (χ3n) is 4.26. The highest BCUT2D eigenvalue weighted by Gasteiger charge is 2.33. The van der Waals surface area contributed by atoms with Gasteiger partial charge in [0.05, 0.1) is 17.1 Å². The number of allylic oxidation sites excluding steroid dienone is 1. The highest BCUT2D eigenvalue weighted by molar-refractivity contribution is 7.80. The number of ether oxygens (including phenoxy) is 2. The van der Waals surface area contributed by atoms with Crippen LogP contribution in [-0.2, 0) is 14.3 Å². The largest absolute Gasteiger partial charge is 0.460 e. The Morgan fingerprint density at radius 2 is 2.10 bits per heavy atom. The molecule has 10 heteroatoms. The molecule has 0 saturated carbocycles. The molecule has 1 atom stereocenters. The molecule has 0 saturated heterocycles. The van der Waals surface area contributed by atoms with Gasteiger partial charge in [-0.25, -0.2) is 4.79 Å². The first kappa shape index (κ1) is 20.5. The lowest BCUT2D eigenvalue weighted by Crippen LogP contribution is -2.45. The maximum atomic E-state index is 12.6. The Morgan fingerprint density at radius 3 is 2.83 bits per heavy atom. The second-order valence-electron chi connectivity index (χ2n) is 6.21. The Hall–Kier alpha value is -3.24. The molecule has 1 aliphatic heterocycles. The fourth-order valence-corrected chi connectivity index (χ4v) is 3.18. The van der Waals surface area contributed by atoms with Gasteiger partial charge in [-0.1, -0.05) is 12.1 Å². The number of benzene rings is 1. The van der Waals surface area contributed by atoms with Crippen LogP contribution < -0.4 is 10.6 Å². The van der Waals surface area contributed by atoms with Crippen molar-refractivity contribution in [1.29, 1.82) is 0 Å². The molecule has 1 aliphatic rings. The van der Waals surface area contributed by atoms with Crippen molar-refractivity contribution in [2.75, 3.05) is 20.3 Å². The molecular formula is C19H19N3O6S. The highest BCUT2D eigenvalue weighted by Crippen LogP contribution is 2.32. The molecule has 2 N–H and O–H groups in total. The van der Waals surface area contributed by atoms with Gasteiger partial charge in [0, 0.05) is 30.5 Å². The predicted octanol–water partition coefficient (Wildman–Crippen LogP) is 2.84. The smallest absolute Gasteiger partial charge is 0.338 e. The third kappa shape index (κ3) is 4.61. The first-order chi connectivity index (χ1) is 13.9. The van der Waals surface area contributed by atoms with Gasteiger partial charge < -0.3 is 24.5 Å². The zero-order valence-electron chi connectivity index (χ0n) is 15.8. The van der Waals surface area contributed by atoms with E-state index in [-0.39, 0.29) is 18.9 Å². The molecule has 0 bridgehead atoms. The average Bonchev–Trinajstić information content (AvgIpc) is 3.17.